The zero-order chi connectivity index (χ0) is 16.9. The summed E-state index contributed by atoms with van der Waals surface area (Å²) < 4.78 is 11.6. The van der Waals surface area contributed by atoms with Crippen molar-refractivity contribution in [1.29, 1.82) is 0 Å². The Morgan fingerprint density at radius 2 is 2.04 bits per heavy atom. The first kappa shape index (κ1) is 16.8. The van der Waals surface area contributed by atoms with Gasteiger partial charge in [-0.05, 0) is 41.6 Å². The number of carbonyl (C=O) groups is 1. The molecule has 3 rings (SSSR count). The van der Waals surface area contributed by atoms with Crippen LogP contribution in [-0.2, 0) is 11.3 Å². The molecule has 0 unspecified atom stereocenters. The molecule has 24 heavy (non-hydrogen) atoms. The van der Waals surface area contributed by atoms with Crippen molar-refractivity contribution in [2.24, 2.45) is 0 Å². The van der Waals surface area contributed by atoms with E-state index in [2.05, 4.69) is 16.8 Å². The highest BCUT2D eigenvalue weighted by atomic mass is 32.1. The number of hydrogen-bond donors (Lipinski definition) is 0. The third-order valence-electron chi connectivity index (χ3n) is 3.91. The van der Waals surface area contributed by atoms with E-state index in [0.717, 1.165) is 18.0 Å². The van der Waals surface area contributed by atoms with Gasteiger partial charge in [0, 0.05) is 13.6 Å². The van der Waals surface area contributed by atoms with Gasteiger partial charge in [0.05, 0.1) is 13.1 Å². The zero-order valence-electron chi connectivity index (χ0n) is 14.0. The van der Waals surface area contributed by atoms with E-state index in [1.807, 2.05) is 43.3 Å². The lowest BCUT2D eigenvalue weighted by Gasteiger charge is -2.30. The van der Waals surface area contributed by atoms with Crippen molar-refractivity contribution >= 4 is 17.2 Å². The van der Waals surface area contributed by atoms with Gasteiger partial charge in [0.25, 0.3) is 0 Å². The highest BCUT2D eigenvalue weighted by molar-refractivity contribution is 7.07. The van der Waals surface area contributed by atoms with Crippen LogP contribution in [0.1, 0.15) is 5.56 Å². The van der Waals surface area contributed by atoms with Crippen LogP contribution < -0.4 is 9.47 Å². The predicted octanol–water partition coefficient (Wildman–Crippen LogP) is 2.48. The second-order valence-corrected chi connectivity index (χ2v) is 6.86. The third-order valence-corrected chi connectivity index (χ3v) is 4.64. The summed E-state index contributed by atoms with van der Waals surface area (Å²) in [7, 11) is 3.77. The average Bonchev–Trinajstić information content (AvgIpc) is 3.07. The van der Waals surface area contributed by atoms with E-state index in [9.17, 15) is 4.79 Å². The van der Waals surface area contributed by atoms with Gasteiger partial charge in [-0.1, -0.05) is 12.1 Å². The number of benzene rings is 1. The molecular formula is C18H22N2O3S. The van der Waals surface area contributed by atoms with Gasteiger partial charge in [-0.15, -0.1) is 0 Å². The monoisotopic (exact) mass is 346 g/mol. The Morgan fingerprint density at radius 3 is 2.79 bits per heavy atom. The quantitative estimate of drug-likeness (QED) is 0.806. The standard InChI is InChI=1S/C18H22N2O3S/c1-19(9-14-7-8-24-13-14)11-18(21)20(2)10-15-12-22-16-5-3-4-6-17(16)23-15/h3-8,13,15H,9-12H2,1-2H3/t15-/m1/s1. The Balaban J connectivity index is 1.48. The molecular weight excluding hydrogens is 324 g/mol. The molecule has 128 valence electrons. The Morgan fingerprint density at radius 1 is 1.25 bits per heavy atom. The van der Waals surface area contributed by atoms with Crippen molar-refractivity contribution in [3.63, 3.8) is 0 Å². The molecule has 6 heteroatoms. The maximum Gasteiger partial charge on any atom is 0.236 e. The number of nitrogens with zero attached hydrogens (tertiary/aromatic N) is 2. The Kier molecular flexibility index (Phi) is 5.37. The van der Waals surface area contributed by atoms with Crippen LogP contribution in [0.4, 0.5) is 0 Å². The van der Waals surface area contributed by atoms with E-state index in [4.69, 9.17) is 9.47 Å². The summed E-state index contributed by atoms with van der Waals surface area (Å²) in [4.78, 5) is 16.1. The van der Waals surface area contributed by atoms with Crippen molar-refractivity contribution in [3.8, 4) is 11.5 Å². The second-order valence-electron chi connectivity index (χ2n) is 6.08. The first-order valence-electron chi connectivity index (χ1n) is 7.94. The molecule has 0 spiro atoms. The van der Waals surface area contributed by atoms with Crippen LogP contribution >= 0.6 is 11.3 Å². The maximum atomic E-state index is 12.4. The molecule has 2 heterocycles. The first-order chi connectivity index (χ1) is 11.6. The van der Waals surface area contributed by atoms with Gasteiger partial charge >= 0.3 is 0 Å². The van der Waals surface area contributed by atoms with Crippen molar-refractivity contribution < 1.29 is 14.3 Å². The number of para-hydroxylation sites is 2. The van der Waals surface area contributed by atoms with Crippen LogP contribution in [-0.4, -0.2) is 55.6 Å². The van der Waals surface area contributed by atoms with Crippen LogP contribution in [0.5, 0.6) is 11.5 Å². The van der Waals surface area contributed by atoms with E-state index in [0.29, 0.717) is 19.7 Å². The normalized spacial score (nSPS) is 16.2. The van der Waals surface area contributed by atoms with Crippen molar-refractivity contribution in [1.82, 2.24) is 9.80 Å². The Labute approximate surface area is 146 Å². The smallest absolute Gasteiger partial charge is 0.236 e. The van der Waals surface area contributed by atoms with Gasteiger partial charge in [0.2, 0.25) is 5.91 Å². The number of ether oxygens (including phenoxy) is 2. The van der Waals surface area contributed by atoms with E-state index in [1.54, 1.807) is 16.2 Å². The highest BCUT2D eigenvalue weighted by Crippen LogP contribution is 2.30. The molecule has 1 atom stereocenters. The lowest BCUT2D eigenvalue weighted by molar-refractivity contribution is -0.132. The topological polar surface area (TPSA) is 42.0 Å². The predicted molar refractivity (Wildman–Crippen MR) is 94.6 cm³/mol. The minimum Gasteiger partial charge on any atom is -0.486 e. The summed E-state index contributed by atoms with van der Waals surface area (Å²) in [6.45, 7) is 2.13. The van der Waals surface area contributed by atoms with E-state index in [1.165, 1.54) is 5.56 Å². The van der Waals surface area contributed by atoms with Gasteiger partial charge in [-0.25, -0.2) is 0 Å². The molecule has 5 nitrogen and oxygen atoms in total. The fourth-order valence-corrected chi connectivity index (χ4v) is 3.32. The molecule has 0 aliphatic carbocycles. The molecule has 0 N–H and O–H groups in total. The van der Waals surface area contributed by atoms with Crippen LogP contribution in [0.2, 0.25) is 0 Å². The second kappa shape index (κ2) is 7.68. The van der Waals surface area contributed by atoms with Crippen LogP contribution in [0.25, 0.3) is 0 Å². The lowest BCUT2D eigenvalue weighted by atomic mass is 10.2. The fraction of sp³-hybridized carbons (Fsp3) is 0.389. The maximum absolute atomic E-state index is 12.4. The molecule has 0 saturated heterocycles. The fourth-order valence-electron chi connectivity index (χ4n) is 2.66. The Bertz CT molecular complexity index is 675. The van der Waals surface area contributed by atoms with Gasteiger partial charge in [-0.3, -0.25) is 9.69 Å². The SMILES string of the molecule is CN(CC(=O)N(C)C[C@@H]1COc2ccccc2O1)Cc1ccsc1. The molecule has 0 saturated carbocycles. The van der Waals surface area contributed by atoms with Crippen LogP contribution in [0, 0.1) is 0 Å². The van der Waals surface area contributed by atoms with Crippen molar-refractivity contribution in [2.75, 3.05) is 33.8 Å². The number of carbonyl (C=O) groups excluding carboxylic acids is 1. The van der Waals surface area contributed by atoms with Gasteiger partial charge in [-0.2, -0.15) is 11.3 Å². The average molecular weight is 346 g/mol. The number of thiophene rings is 1. The molecule has 1 aliphatic heterocycles. The number of rotatable bonds is 6. The molecule has 2 aromatic rings. The van der Waals surface area contributed by atoms with Gasteiger partial charge in [0.1, 0.15) is 6.61 Å². The minimum absolute atomic E-state index is 0.0789. The van der Waals surface area contributed by atoms with Crippen molar-refractivity contribution in [3.05, 3.63) is 46.7 Å². The lowest BCUT2D eigenvalue weighted by Crippen LogP contribution is -2.44. The summed E-state index contributed by atoms with van der Waals surface area (Å²) in [5.41, 5.74) is 1.23. The molecule has 0 bridgehead atoms. The molecule has 0 fully saturated rings. The van der Waals surface area contributed by atoms with E-state index >= 15 is 0 Å². The van der Waals surface area contributed by atoms with E-state index in [-0.39, 0.29) is 12.0 Å². The van der Waals surface area contributed by atoms with E-state index < -0.39 is 0 Å². The summed E-state index contributed by atoms with van der Waals surface area (Å²) in [5, 5.41) is 4.16. The third kappa shape index (κ3) is 4.27. The largest absolute Gasteiger partial charge is 0.486 e. The highest BCUT2D eigenvalue weighted by Gasteiger charge is 2.24. The van der Waals surface area contributed by atoms with Crippen LogP contribution in [0.3, 0.4) is 0 Å². The molecule has 1 aromatic heterocycles. The summed E-state index contributed by atoms with van der Waals surface area (Å²) in [6, 6.07) is 9.69. The molecule has 1 aromatic carbocycles. The molecule has 0 radical (unpaired) electrons. The zero-order valence-corrected chi connectivity index (χ0v) is 14.8. The van der Waals surface area contributed by atoms with Gasteiger partial charge < -0.3 is 14.4 Å². The number of hydrogen-bond acceptors (Lipinski definition) is 5. The summed E-state index contributed by atoms with van der Waals surface area (Å²) in [6.07, 6.45) is -0.143. The molecule has 1 amide bonds. The van der Waals surface area contributed by atoms with Crippen molar-refractivity contribution in [2.45, 2.75) is 12.6 Å². The number of likely N-dealkylation sites (N-methyl/N-ethyl adjacent to an activating group) is 2. The summed E-state index contributed by atoms with van der Waals surface area (Å²) in [5.74, 6) is 1.58. The van der Waals surface area contributed by atoms with Crippen LogP contribution in [0.15, 0.2) is 41.1 Å². The summed E-state index contributed by atoms with van der Waals surface area (Å²) >= 11 is 1.67. The first-order valence-corrected chi connectivity index (χ1v) is 8.88. The number of amides is 1. The van der Waals surface area contributed by atoms with Gasteiger partial charge in [0.15, 0.2) is 17.6 Å². The Hall–Kier alpha value is -2.05. The molecule has 1 aliphatic rings. The minimum atomic E-state index is -0.143. The number of fused-ring (bicyclic) bond motifs is 1.